The molecule has 1 aliphatic heterocycles. The van der Waals surface area contributed by atoms with E-state index in [2.05, 4.69) is 17.4 Å². The monoisotopic (exact) mass is 322 g/mol. The molecular weight excluding hydrogens is 296 g/mol. The molecule has 0 saturated carbocycles. The van der Waals surface area contributed by atoms with Crippen LogP contribution in [0.1, 0.15) is 12.5 Å². The number of carbonyl (C=O) groups excluding carboxylic acids is 1. The molecule has 6 heteroatoms. The number of hydrogen-bond donors (Lipinski definition) is 3. The average Bonchev–Trinajstić information content (AvgIpc) is 2.87. The Labute approximate surface area is 137 Å². The topological polar surface area (TPSA) is 82.0 Å². The number of aliphatic hydroxyl groups is 2. The van der Waals surface area contributed by atoms with Crippen molar-refractivity contribution < 1.29 is 19.7 Å². The minimum Gasteiger partial charge on any atom is -0.394 e. The molecule has 0 unspecified atom stereocenters. The van der Waals surface area contributed by atoms with Crippen molar-refractivity contribution in [2.24, 2.45) is 0 Å². The molecule has 1 aliphatic rings. The summed E-state index contributed by atoms with van der Waals surface area (Å²) in [5, 5.41) is 22.5. The third kappa shape index (κ3) is 4.75. The highest BCUT2D eigenvalue weighted by Crippen LogP contribution is 2.25. The molecule has 1 heterocycles. The Hall–Kier alpha value is -1.47. The van der Waals surface area contributed by atoms with Crippen molar-refractivity contribution in [2.75, 3.05) is 26.7 Å². The van der Waals surface area contributed by atoms with Crippen LogP contribution in [0.3, 0.4) is 0 Å². The summed E-state index contributed by atoms with van der Waals surface area (Å²) in [5.41, 5.74) is 1.23. The molecule has 0 bridgehead atoms. The van der Waals surface area contributed by atoms with E-state index in [1.165, 1.54) is 12.5 Å². The lowest BCUT2D eigenvalue weighted by Gasteiger charge is -2.30. The first-order valence-electron chi connectivity index (χ1n) is 7.96. The summed E-state index contributed by atoms with van der Waals surface area (Å²) in [6.45, 7) is 2.29. The molecule has 0 radical (unpaired) electrons. The molecular formula is C17H26N2O4. The number of rotatable bonds is 7. The molecule has 1 aromatic carbocycles. The molecule has 6 nitrogen and oxygen atoms in total. The Morgan fingerprint density at radius 1 is 1.30 bits per heavy atom. The number of benzene rings is 1. The van der Waals surface area contributed by atoms with Crippen molar-refractivity contribution in [3.05, 3.63) is 35.9 Å². The molecule has 0 aromatic heterocycles. The van der Waals surface area contributed by atoms with E-state index in [0.717, 1.165) is 13.0 Å². The fraction of sp³-hybridized carbons (Fsp3) is 0.588. The summed E-state index contributed by atoms with van der Waals surface area (Å²) in [6.07, 6.45) is -0.874. The molecule has 0 spiro atoms. The molecule has 2 rings (SSSR count). The van der Waals surface area contributed by atoms with Gasteiger partial charge in [0.05, 0.1) is 18.8 Å². The number of nitrogens with one attached hydrogen (secondary N) is 1. The van der Waals surface area contributed by atoms with Crippen LogP contribution in [0, 0.1) is 0 Å². The molecule has 23 heavy (non-hydrogen) atoms. The minimum atomic E-state index is -0.778. The fourth-order valence-electron chi connectivity index (χ4n) is 3.03. The van der Waals surface area contributed by atoms with Crippen molar-refractivity contribution in [3.8, 4) is 0 Å². The Kier molecular flexibility index (Phi) is 6.53. The van der Waals surface area contributed by atoms with E-state index in [1.54, 1.807) is 0 Å². The standard InChI is InChI=1S/C17H26N2O4/c1-12(21)18-10-14-16(17(22)15(11-20)23-14)19(2)9-8-13-6-4-3-5-7-13/h3-7,14-17,20,22H,8-11H2,1-2H3,(H,18,21)/t14-,15-,16-,17+/m0/s1. The summed E-state index contributed by atoms with van der Waals surface area (Å²) in [5.74, 6) is -0.138. The van der Waals surface area contributed by atoms with Gasteiger partial charge in [-0.3, -0.25) is 9.69 Å². The van der Waals surface area contributed by atoms with E-state index in [0.29, 0.717) is 6.54 Å². The number of amides is 1. The van der Waals surface area contributed by atoms with Gasteiger partial charge in [0.1, 0.15) is 12.2 Å². The zero-order chi connectivity index (χ0) is 16.8. The molecule has 4 atom stereocenters. The SMILES string of the molecule is CC(=O)NC[C@@H]1O[C@@H](CO)[C@@H](O)[C@H]1N(C)CCc1ccccc1. The van der Waals surface area contributed by atoms with Crippen LogP contribution in [0.25, 0.3) is 0 Å². The molecule has 0 aliphatic carbocycles. The number of nitrogens with zero attached hydrogens (tertiary/aromatic N) is 1. The number of ether oxygens (including phenoxy) is 1. The highest BCUT2D eigenvalue weighted by atomic mass is 16.5. The molecule has 128 valence electrons. The first kappa shape index (κ1) is 17.9. The quantitative estimate of drug-likeness (QED) is 0.647. The van der Waals surface area contributed by atoms with Gasteiger partial charge in [0.2, 0.25) is 5.91 Å². The summed E-state index contributed by atoms with van der Waals surface area (Å²) in [6, 6.07) is 9.87. The highest BCUT2D eigenvalue weighted by molar-refractivity contribution is 5.72. The van der Waals surface area contributed by atoms with Gasteiger partial charge in [-0.1, -0.05) is 30.3 Å². The number of carbonyl (C=O) groups is 1. The van der Waals surface area contributed by atoms with Crippen molar-refractivity contribution in [2.45, 2.75) is 37.7 Å². The first-order valence-corrected chi connectivity index (χ1v) is 7.96. The van der Waals surface area contributed by atoms with Crippen molar-refractivity contribution >= 4 is 5.91 Å². The maximum absolute atomic E-state index is 11.1. The fourth-order valence-corrected chi connectivity index (χ4v) is 3.03. The number of hydrogen-bond acceptors (Lipinski definition) is 5. The van der Waals surface area contributed by atoms with Gasteiger partial charge in [0, 0.05) is 20.0 Å². The van der Waals surface area contributed by atoms with Gasteiger partial charge in [-0.05, 0) is 19.0 Å². The van der Waals surface area contributed by atoms with Gasteiger partial charge in [-0.2, -0.15) is 0 Å². The van der Waals surface area contributed by atoms with Gasteiger partial charge in [0.15, 0.2) is 0 Å². The third-order valence-corrected chi connectivity index (χ3v) is 4.30. The maximum atomic E-state index is 11.1. The Balaban J connectivity index is 1.98. The molecule has 3 N–H and O–H groups in total. The third-order valence-electron chi connectivity index (χ3n) is 4.30. The summed E-state index contributed by atoms with van der Waals surface area (Å²) in [4.78, 5) is 13.2. The summed E-state index contributed by atoms with van der Waals surface area (Å²) in [7, 11) is 1.93. The Morgan fingerprint density at radius 3 is 2.61 bits per heavy atom. The summed E-state index contributed by atoms with van der Waals surface area (Å²) < 4.78 is 5.70. The van der Waals surface area contributed by atoms with Crippen LogP contribution in [0.5, 0.6) is 0 Å². The Morgan fingerprint density at radius 2 is 2.00 bits per heavy atom. The molecule has 1 fully saturated rings. The number of aliphatic hydroxyl groups excluding tert-OH is 2. The predicted octanol–water partition coefficient (Wildman–Crippen LogP) is -0.214. The van der Waals surface area contributed by atoms with E-state index in [-0.39, 0.29) is 24.7 Å². The molecule has 1 saturated heterocycles. The van der Waals surface area contributed by atoms with Crippen LogP contribution < -0.4 is 5.32 Å². The van der Waals surface area contributed by atoms with Crippen LogP contribution in [0.4, 0.5) is 0 Å². The van der Waals surface area contributed by atoms with E-state index in [1.807, 2.05) is 30.1 Å². The normalized spacial score (nSPS) is 27.3. The molecule has 1 amide bonds. The zero-order valence-corrected chi connectivity index (χ0v) is 13.7. The van der Waals surface area contributed by atoms with E-state index in [4.69, 9.17) is 4.74 Å². The average molecular weight is 322 g/mol. The van der Waals surface area contributed by atoms with Crippen LogP contribution in [0.2, 0.25) is 0 Å². The second kappa shape index (κ2) is 8.40. The van der Waals surface area contributed by atoms with Crippen LogP contribution >= 0.6 is 0 Å². The summed E-state index contributed by atoms with van der Waals surface area (Å²) >= 11 is 0. The van der Waals surface area contributed by atoms with Crippen molar-refractivity contribution in [1.82, 2.24) is 10.2 Å². The van der Waals surface area contributed by atoms with Gasteiger partial charge in [0.25, 0.3) is 0 Å². The van der Waals surface area contributed by atoms with E-state index >= 15 is 0 Å². The second-order valence-corrected chi connectivity index (χ2v) is 6.03. The van der Waals surface area contributed by atoms with Gasteiger partial charge >= 0.3 is 0 Å². The van der Waals surface area contributed by atoms with Crippen molar-refractivity contribution in [3.63, 3.8) is 0 Å². The van der Waals surface area contributed by atoms with Gasteiger partial charge < -0.3 is 20.3 Å². The zero-order valence-electron chi connectivity index (χ0n) is 13.7. The smallest absolute Gasteiger partial charge is 0.216 e. The first-order chi connectivity index (χ1) is 11.0. The molecule has 1 aromatic rings. The number of likely N-dealkylation sites (N-methyl/N-ethyl adjacent to an activating group) is 1. The Bertz CT molecular complexity index is 497. The minimum absolute atomic E-state index is 0.138. The van der Waals surface area contributed by atoms with Crippen LogP contribution in [-0.4, -0.2) is 72.1 Å². The highest BCUT2D eigenvalue weighted by Gasteiger charge is 2.45. The lowest BCUT2D eigenvalue weighted by Crippen LogP contribution is -2.50. The van der Waals surface area contributed by atoms with Crippen LogP contribution in [-0.2, 0) is 16.0 Å². The second-order valence-electron chi connectivity index (χ2n) is 6.03. The lowest BCUT2D eigenvalue weighted by atomic mass is 10.0. The van der Waals surface area contributed by atoms with Gasteiger partial charge in [-0.25, -0.2) is 0 Å². The van der Waals surface area contributed by atoms with Crippen molar-refractivity contribution in [1.29, 1.82) is 0 Å². The van der Waals surface area contributed by atoms with Gasteiger partial charge in [-0.15, -0.1) is 0 Å². The van der Waals surface area contributed by atoms with E-state index in [9.17, 15) is 15.0 Å². The largest absolute Gasteiger partial charge is 0.394 e. The maximum Gasteiger partial charge on any atom is 0.216 e. The predicted molar refractivity (Wildman–Crippen MR) is 87.0 cm³/mol. The van der Waals surface area contributed by atoms with E-state index < -0.39 is 12.2 Å². The lowest BCUT2D eigenvalue weighted by molar-refractivity contribution is -0.119. The van der Waals surface area contributed by atoms with Crippen LogP contribution in [0.15, 0.2) is 30.3 Å².